The van der Waals surface area contributed by atoms with Crippen molar-refractivity contribution in [2.45, 2.75) is 31.0 Å². The van der Waals surface area contributed by atoms with Crippen LogP contribution in [0.5, 0.6) is 0 Å². The minimum atomic E-state index is -4.65. The number of benzene rings is 1. The van der Waals surface area contributed by atoms with Crippen LogP contribution < -0.4 is 0 Å². The van der Waals surface area contributed by atoms with E-state index in [-0.39, 0.29) is 5.56 Å². The lowest BCUT2D eigenvalue weighted by atomic mass is 10.0. The lowest BCUT2D eigenvalue weighted by Crippen LogP contribution is -2.32. The van der Waals surface area contributed by atoms with Crippen molar-refractivity contribution in [1.29, 1.82) is 0 Å². The van der Waals surface area contributed by atoms with Gasteiger partial charge in [-0.2, -0.15) is 26.3 Å². The summed E-state index contributed by atoms with van der Waals surface area (Å²) in [5.74, 6) is 0. The molecular formula is C12H12F6O2. The van der Waals surface area contributed by atoms with Crippen LogP contribution in [0.2, 0.25) is 0 Å². The van der Waals surface area contributed by atoms with Gasteiger partial charge in [0, 0.05) is 13.5 Å². The Bertz CT molecular complexity index is 423. The van der Waals surface area contributed by atoms with Crippen LogP contribution in [-0.2, 0) is 10.9 Å². The standard InChI is InChI=1S/C12H12F6O2/c1-20-10(12(16,17)18)6-9(19)7-2-4-8(5-3-7)11(13,14)15/h2-5,9-10,19H,6H2,1H3. The van der Waals surface area contributed by atoms with Gasteiger partial charge < -0.3 is 9.84 Å². The number of hydrogen-bond acceptors (Lipinski definition) is 2. The Balaban J connectivity index is 2.80. The summed E-state index contributed by atoms with van der Waals surface area (Å²) >= 11 is 0. The minimum Gasteiger partial charge on any atom is -0.388 e. The van der Waals surface area contributed by atoms with Gasteiger partial charge in [0.15, 0.2) is 6.10 Å². The molecule has 1 aromatic rings. The van der Waals surface area contributed by atoms with Crippen molar-refractivity contribution in [1.82, 2.24) is 0 Å². The first-order chi connectivity index (χ1) is 9.05. The molecule has 0 bridgehead atoms. The summed E-state index contributed by atoms with van der Waals surface area (Å²) in [5.41, 5.74) is -0.975. The van der Waals surface area contributed by atoms with Crippen LogP contribution >= 0.6 is 0 Å². The Labute approximate surface area is 111 Å². The Hall–Kier alpha value is -1.28. The number of hydrogen-bond donors (Lipinski definition) is 1. The molecule has 8 heteroatoms. The average molecular weight is 302 g/mol. The summed E-state index contributed by atoms with van der Waals surface area (Å²) in [6.45, 7) is 0. The number of alkyl halides is 6. The van der Waals surface area contributed by atoms with Crippen molar-refractivity contribution in [2.24, 2.45) is 0 Å². The van der Waals surface area contributed by atoms with Gasteiger partial charge in [-0.15, -0.1) is 0 Å². The molecule has 2 atom stereocenters. The Morgan fingerprint density at radius 3 is 1.90 bits per heavy atom. The van der Waals surface area contributed by atoms with Crippen molar-refractivity contribution >= 4 is 0 Å². The van der Waals surface area contributed by atoms with Gasteiger partial charge in [0.25, 0.3) is 0 Å². The predicted octanol–water partition coefficient (Wildman–Crippen LogP) is 3.71. The quantitative estimate of drug-likeness (QED) is 0.859. The van der Waals surface area contributed by atoms with E-state index in [2.05, 4.69) is 4.74 Å². The van der Waals surface area contributed by atoms with Gasteiger partial charge in [0.2, 0.25) is 0 Å². The molecule has 0 aliphatic rings. The largest absolute Gasteiger partial charge is 0.416 e. The zero-order chi connectivity index (χ0) is 15.6. The first-order valence-corrected chi connectivity index (χ1v) is 5.50. The van der Waals surface area contributed by atoms with Crippen LogP contribution in [0.4, 0.5) is 26.3 Å². The van der Waals surface area contributed by atoms with Crippen LogP contribution in [0, 0.1) is 0 Å². The van der Waals surface area contributed by atoms with E-state index in [1.807, 2.05) is 0 Å². The van der Waals surface area contributed by atoms with Crippen LogP contribution in [0.1, 0.15) is 23.7 Å². The molecule has 0 fully saturated rings. The third-order valence-electron chi connectivity index (χ3n) is 2.71. The van der Waals surface area contributed by atoms with E-state index in [1.165, 1.54) is 0 Å². The van der Waals surface area contributed by atoms with Gasteiger partial charge in [-0.25, -0.2) is 0 Å². The second-order valence-corrected chi connectivity index (χ2v) is 4.14. The second-order valence-electron chi connectivity index (χ2n) is 4.14. The summed E-state index contributed by atoms with van der Waals surface area (Å²) in [7, 11) is 0.845. The van der Waals surface area contributed by atoms with Crippen molar-refractivity contribution < 1.29 is 36.2 Å². The lowest BCUT2D eigenvalue weighted by molar-refractivity contribution is -0.220. The van der Waals surface area contributed by atoms with E-state index >= 15 is 0 Å². The number of ether oxygens (including phenoxy) is 1. The molecule has 20 heavy (non-hydrogen) atoms. The SMILES string of the molecule is COC(CC(O)c1ccc(C(F)(F)F)cc1)C(F)(F)F. The summed E-state index contributed by atoms with van der Waals surface area (Å²) < 4.78 is 78.4. The Morgan fingerprint density at radius 1 is 1.05 bits per heavy atom. The zero-order valence-electron chi connectivity index (χ0n) is 10.3. The predicted molar refractivity (Wildman–Crippen MR) is 57.9 cm³/mol. The molecule has 0 saturated carbocycles. The maximum Gasteiger partial charge on any atom is 0.416 e. The fourth-order valence-electron chi connectivity index (χ4n) is 1.60. The van der Waals surface area contributed by atoms with E-state index in [9.17, 15) is 31.4 Å². The van der Waals surface area contributed by atoms with E-state index in [0.717, 1.165) is 19.2 Å². The molecule has 1 aromatic carbocycles. The molecule has 0 radical (unpaired) electrons. The summed E-state index contributed by atoms with van der Waals surface area (Å²) in [6, 6.07) is 3.29. The molecule has 0 spiro atoms. The zero-order valence-corrected chi connectivity index (χ0v) is 10.3. The molecule has 0 amide bonds. The van der Waals surface area contributed by atoms with E-state index in [4.69, 9.17) is 0 Å². The summed E-state index contributed by atoms with van der Waals surface area (Å²) in [4.78, 5) is 0. The summed E-state index contributed by atoms with van der Waals surface area (Å²) in [5, 5.41) is 9.62. The van der Waals surface area contributed by atoms with Gasteiger partial charge in [0.05, 0.1) is 11.7 Å². The van der Waals surface area contributed by atoms with Crippen LogP contribution in [0.25, 0.3) is 0 Å². The number of rotatable bonds is 4. The number of aliphatic hydroxyl groups excluding tert-OH is 1. The Morgan fingerprint density at radius 2 is 1.55 bits per heavy atom. The highest BCUT2D eigenvalue weighted by Crippen LogP contribution is 2.32. The summed E-state index contributed by atoms with van der Waals surface area (Å²) in [6.07, 6.45) is -13.7. The molecule has 0 aliphatic heterocycles. The molecule has 2 nitrogen and oxygen atoms in total. The first kappa shape index (κ1) is 16.8. The van der Waals surface area contributed by atoms with Gasteiger partial charge in [-0.3, -0.25) is 0 Å². The molecule has 1 rings (SSSR count). The monoisotopic (exact) mass is 302 g/mol. The molecule has 0 aliphatic carbocycles. The van der Waals surface area contributed by atoms with Gasteiger partial charge >= 0.3 is 12.4 Å². The van der Waals surface area contributed by atoms with Crippen molar-refractivity contribution in [3.63, 3.8) is 0 Å². The third kappa shape index (κ3) is 4.38. The first-order valence-electron chi connectivity index (χ1n) is 5.50. The molecule has 0 aromatic heterocycles. The highest BCUT2D eigenvalue weighted by molar-refractivity contribution is 5.26. The molecule has 0 saturated heterocycles. The van der Waals surface area contributed by atoms with Gasteiger partial charge in [-0.1, -0.05) is 12.1 Å². The van der Waals surface area contributed by atoms with Crippen LogP contribution in [0.15, 0.2) is 24.3 Å². The molecular weight excluding hydrogens is 290 g/mol. The fourth-order valence-corrected chi connectivity index (χ4v) is 1.60. The van der Waals surface area contributed by atoms with Crippen molar-refractivity contribution in [3.05, 3.63) is 35.4 Å². The van der Waals surface area contributed by atoms with E-state index in [0.29, 0.717) is 12.1 Å². The fraction of sp³-hybridized carbons (Fsp3) is 0.500. The second kappa shape index (κ2) is 6.01. The van der Waals surface area contributed by atoms with Crippen LogP contribution in [0.3, 0.4) is 0 Å². The highest BCUT2D eigenvalue weighted by Gasteiger charge is 2.41. The van der Waals surface area contributed by atoms with Crippen LogP contribution in [-0.4, -0.2) is 24.5 Å². The topological polar surface area (TPSA) is 29.5 Å². The number of methoxy groups -OCH3 is 1. The molecule has 1 N–H and O–H groups in total. The molecule has 2 unspecified atom stereocenters. The molecule has 0 heterocycles. The van der Waals surface area contributed by atoms with Gasteiger partial charge in [-0.05, 0) is 17.7 Å². The van der Waals surface area contributed by atoms with Crippen molar-refractivity contribution in [3.8, 4) is 0 Å². The Kier molecular flexibility index (Phi) is 5.04. The molecule has 114 valence electrons. The number of aliphatic hydroxyl groups is 1. The lowest BCUT2D eigenvalue weighted by Gasteiger charge is -2.21. The average Bonchev–Trinajstić information content (AvgIpc) is 2.33. The smallest absolute Gasteiger partial charge is 0.388 e. The van der Waals surface area contributed by atoms with E-state index < -0.39 is 36.5 Å². The van der Waals surface area contributed by atoms with Crippen molar-refractivity contribution in [2.75, 3.05) is 7.11 Å². The normalized spacial score (nSPS) is 16.0. The highest BCUT2D eigenvalue weighted by atomic mass is 19.4. The van der Waals surface area contributed by atoms with Gasteiger partial charge in [0.1, 0.15) is 0 Å². The maximum absolute atomic E-state index is 12.4. The minimum absolute atomic E-state index is 0.0377. The number of halogens is 6. The van der Waals surface area contributed by atoms with E-state index in [1.54, 1.807) is 0 Å². The third-order valence-corrected chi connectivity index (χ3v) is 2.71. The maximum atomic E-state index is 12.4.